The number of hydrogen-bond acceptors (Lipinski definition) is 2. The van der Waals surface area contributed by atoms with Gasteiger partial charge in [-0.3, -0.25) is 0 Å². The lowest BCUT2D eigenvalue weighted by molar-refractivity contribution is 0.489. The van der Waals surface area contributed by atoms with E-state index in [1.807, 2.05) is 14.0 Å². The summed E-state index contributed by atoms with van der Waals surface area (Å²) < 4.78 is 5.43. The molecule has 0 aliphatic carbocycles. The summed E-state index contributed by atoms with van der Waals surface area (Å²) in [6, 6.07) is 2.42. The molecule has 0 aromatic carbocycles. The number of furan rings is 1. The first-order valence-corrected chi connectivity index (χ1v) is 5.46. The lowest BCUT2D eigenvalue weighted by Crippen LogP contribution is -2.16. The van der Waals surface area contributed by atoms with Crippen molar-refractivity contribution in [3.63, 3.8) is 0 Å². The van der Waals surface area contributed by atoms with Gasteiger partial charge in [0.15, 0.2) is 0 Å². The Morgan fingerprint density at radius 2 is 2.33 bits per heavy atom. The lowest BCUT2D eigenvalue weighted by Gasteiger charge is -2.14. The summed E-state index contributed by atoms with van der Waals surface area (Å²) in [5, 5.41) is 3.31. The summed E-state index contributed by atoms with van der Waals surface area (Å²) in [5.41, 5.74) is 1.28. The molecule has 0 saturated carbocycles. The molecule has 0 amide bonds. The van der Waals surface area contributed by atoms with Crippen molar-refractivity contribution < 1.29 is 4.42 Å². The third-order valence-corrected chi connectivity index (χ3v) is 2.56. The van der Waals surface area contributed by atoms with Gasteiger partial charge >= 0.3 is 0 Å². The van der Waals surface area contributed by atoms with Crippen LogP contribution < -0.4 is 5.32 Å². The molecular weight excluding hydrogens is 186 g/mol. The maximum absolute atomic E-state index is 5.43. The molecule has 0 aliphatic heterocycles. The van der Waals surface area contributed by atoms with Crippen molar-refractivity contribution in [3.05, 3.63) is 23.7 Å². The van der Waals surface area contributed by atoms with E-state index in [0.717, 1.165) is 25.0 Å². The molecule has 2 nitrogen and oxygen atoms in total. The first kappa shape index (κ1) is 11.9. The number of hydrogen-bond donors (Lipinski definition) is 1. The Balaban J connectivity index is 2.67. The second kappa shape index (κ2) is 6.31. The molecule has 0 fully saturated rings. The minimum Gasteiger partial charge on any atom is -0.469 e. The molecule has 0 aliphatic rings. The molecule has 0 bridgehead atoms. The third kappa shape index (κ3) is 3.14. The Labute approximate surface area is 92.1 Å². The van der Waals surface area contributed by atoms with E-state index >= 15 is 0 Å². The zero-order chi connectivity index (χ0) is 11.1. The largest absolute Gasteiger partial charge is 0.469 e. The molecule has 1 rings (SSSR count). The molecule has 15 heavy (non-hydrogen) atoms. The highest BCUT2D eigenvalue weighted by atomic mass is 16.3. The van der Waals surface area contributed by atoms with E-state index < -0.39 is 0 Å². The lowest BCUT2D eigenvalue weighted by atomic mass is 10.0. The van der Waals surface area contributed by atoms with Crippen LogP contribution in [0.25, 0.3) is 0 Å². The normalized spacial score (nSPS) is 11.9. The number of nitrogens with one attached hydrogen (secondary N) is 1. The minimum absolute atomic E-state index is 0.361. The van der Waals surface area contributed by atoms with Gasteiger partial charge in [0, 0.05) is 24.4 Å². The Bertz CT molecular complexity index is 343. The van der Waals surface area contributed by atoms with Crippen LogP contribution in [0.1, 0.15) is 44.1 Å². The zero-order valence-corrected chi connectivity index (χ0v) is 9.76. The molecule has 1 aromatic heterocycles. The fourth-order valence-electron chi connectivity index (χ4n) is 1.75. The molecule has 0 saturated heterocycles. The highest BCUT2D eigenvalue weighted by Gasteiger charge is 2.14. The predicted molar refractivity (Wildman–Crippen MR) is 62.6 cm³/mol. The second-order valence-corrected chi connectivity index (χ2v) is 3.46. The molecule has 1 N–H and O–H groups in total. The van der Waals surface area contributed by atoms with Crippen LogP contribution in [-0.4, -0.2) is 7.05 Å². The van der Waals surface area contributed by atoms with Crippen molar-refractivity contribution in [2.24, 2.45) is 0 Å². The van der Waals surface area contributed by atoms with Crippen LogP contribution in [0.2, 0.25) is 0 Å². The summed E-state index contributed by atoms with van der Waals surface area (Å²) in [5.74, 6) is 7.09. The van der Waals surface area contributed by atoms with Crippen molar-refractivity contribution in [2.45, 2.75) is 39.2 Å². The average Bonchev–Trinajstić information content (AvgIpc) is 2.72. The van der Waals surface area contributed by atoms with Gasteiger partial charge in [0.1, 0.15) is 5.76 Å². The highest BCUT2D eigenvalue weighted by Crippen LogP contribution is 2.23. The first-order valence-electron chi connectivity index (χ1n) is 5.46. The minimum atomic E-state index is 0.361. The summed E-state index contributed by atoms with van der Waals surface area (Å²) in [7, 11) is 1.98. The topological polar surface area (TPSA) is 25.2 Å². The molecule has 2 heteroatoms. The van der Waals surface area contributed by atoms with Crippen LogP contribution >= 0.6 is 0 Å². The maximum atomic E-state index is 5.43. The average molecular weight is 205 g/mol. The maximum Gasteiger partial charge on any atom is 0.108 e. The van der Waals surface area contributed by atoms with Crippen LogP contribution in [0.5, 0.6) is 0 Å². The molecular formula is C13H19NO. The van der Waals surface area contributed by atoms with E-state index in [0.29, 0.717) is 6.04 Å². The summed E-state index contributed by atoms with van der Waals surface area (Å²) in [6.07, 6.45) is 4.67. The fourth-order valence-corrected chi connectivity index (χ4v) is 1.75. The van der Waals surface area contributed by atoms with Crippen LogP contribution in [0.4, 0.5) is 0 Å². The number of rotatable bonds is 5. The SMILES string of the molecule is CC#CCCC(NC)c1ccoc1CC. The van der Waals surface area contributed by atoms with Crippen molar-refractivity contribution in [1.29, 1.82) is 0 Å². The van der Waals surface area contributed by atoms with E-state index in [-0.39, 0.29) is 0 Å². The molecule has 1 atom stereocenters. The summed E-state index contributed by atoms with van der Waals surface area (Å²) in [4.78, 5) is 0. The van der Waals surface area contributed by atoms with Crippen LogP contribution in [0.3, 0.4) is 0 Å². The molecule has 1 heterocycles. The summed E-state index contributed by atoms with van der Waals surface area (Å²) >= 11 is 0. The summed E-state index contributed by atoms with van der Waals surface area (Å²) in [6.45, 7) is 3.99. The third-order valence-electron chi connectivity index (χ3n) is 2.56. The quantitative estimate of drug-likeness (QED) is 0.748. The van der Waals surface area contributed by atoms with Crippen LogP contribution in [0, 0.1) is 11.8 Å². The zero-order valence-electron chi connectivity index (χ0n) is 9.76. The highest BCUT2D eigenvalue weighted by molar-refractivity contribution is 5.21. The standard InChI is InChI=1S/C13H19NO/c1-4-6-7-8-12(14-3)11-9-10-15-13(11)5-2/h9-10,12,14H,5,7-8H2,1-3H3. The molecule has 82 valence electrons. The van der Waals surface area contributed by atoms with Crippen molar-refractivity contribution >= 4 is 0 Å². The van der Waals surface area contributed by atoms with E-state index in [1.54, 1.807) is 6.26 Å². The van der Waals surface area contributed by atoms with E-state index in [2.05, 4.69) is 30.1 Å². The van der Waals surface area contributed by atoms with Gasteiger partial charge < -0.3 is 9.73 Å². The predicted octanol–water partition coefficient (Wildman–Crippen LogP) is 2.91. The van der Waals surface area contributed by atoms with Gasteiger partial charge in [-0.25, -0.2) is 0 Å². The van der Waals surface area contributed by atoms with Gasteiger partial charge in [0.25, 0.3) is 0 Å². The van der Waals surface area contributed by atoms with Gasteiger partial charge in [-0.1, -0.05) is 6.92 Å². The Morgan fingerprint density at radius 1 is 1.53 bits per heavy atom. The van der Waals surface area contributed by atoms with E-state index in [1.165, 1.54) is 5.56 Å². The monoisotopic (exact) mass is 205 g/mol. The fraction of sp³-hybridized carbons (Fsp3) is 0.538. The molecule has 0 spiro atoms. The second-order valence-electron chi connectivity index (χ2n) is 3.46. The Kier molecular flexibility index (Phi) is 5.00. The molecule has 1 aromatic rings. The van der Waals surface area contributed by atoms with Gasteiger partial charge in [0.05, 0.1) is 6.26 Å². The van der Waals surface area contributed by atoms with Crippen LogP contribution in [0.15, 0.2) is 16.7 Å². The van der Waals surface area contributed by atoms with E-state index in [9.17, 15) is 0 Å². The molecule has 1 unspecified atom stereocenters. The number of aryl methyl sites for hydroxylation is 1. The smallest absolute Gasteiger partial charge is 0.108 e. The molecule has 0 radical (unpaired) electrons. The van der Waals surface area contributed by atoms with Gasteiger partial charge in [-0.15, -0.1) is 11.8 Å². The van der Waals surface area contributed by atoms with Crippen molar-refractivity contribution in [1.82, 2.24) is 5.32 Å². The van der Waals surface area contributed by atoms with E-state index in [4.69, 9.17) is 4.42 Å². The van der Waals surface area contributed by atoms with Crippen molar-refractivity contribution in [3.8, 4) is 11.8 Å². The first-order chi connectivity index (χ1) is 7.33. The Morgan fingerprint density at radius 3 is 2.93 bits per heavy atom. The Hall–Kier alpha value is -1.20. The van der Waals surface area contributed by atoms with Crippen LogP contribution in [-0.2, 0) is 6.42 Å². The van der Waals surface area contributed by atoms with Gasteiger partial charge in [-0.2, -0.15) is 0 Å². The van der Waals surface area contributed by atoms with Gasteiger partial charge in [0.2, 0.25) is 0 Å². The van der Waals surface area contributed by atoms with Gasteiger partial charge in [-0.05, 0) is 26.5 Å². The van der Waals surface area contributed by atoms with Crippen molar-refractivity contribution in [2.75, 3.05) is 7.05 Å².